The highest BCUT2D eigenvalue weighted by Crippen LogP contribution is 2.43. The minimum absolute atomic E-state index is 0.0532. The van der Waals surface area contributed by atoms with Gasteiger partial charge in [0.05, 0.1) is 0 Å². The second-order valence-electron chi connectivity index (χ2n) is 7.05. The van der Waals surface area contributed by atoms with Gasteiger partial charge >= 0.3 is 12.0 Å². The molecule has 2 N–H and O–H groups in total. The molecule has 1 aliphatic heterocycles. The zero-order valence-corrected chi connectivity index (χ0v) is 14.1. The Labute approximate surface area is 143 Å². The van der Waals surface area contributed by atoms with Crippen LogP contribution in [0, 0.1) is 0 Å². The van der Waals surface area contributed by atoms with Gasteiger partial charge in [-0.15, -0.1) is 0 Å². The van der Waals surface area contributed by atoms with Gasteiger partial charge in [0.15, 0.2) is 0 Å². The number of fused-ring (bicyclic) bond motifs is 2. The van der Waals surface area contributed by atoms with Crippen molar-refractivity contribution in [3.63, 3.8) is 0 Å². The summed E-state index contributed by atoms with van der Waals surface area (Å²) in [6, 6.07) is 8.62. The van der Waals surface area contributed by atoms with Crippen molar-refractivity contribution < 1.29 is 14.7 Å². The highest BCUT2D eigenvalue weighted by atomic mass is 16.4. The third-order valence-electron chi connectivity index (χ3n) is 5.40. The topological polar surface area (TPSA) is 69.6 Å². The van der Waals surface area contributed by atoms with E-state index in [0.717, 1.165) is 38.8 Å². The summed E-state index contributed by atoms with van der Waals surface area (Å²) in [5, 5.41) is 11.5. The monoisotopic (exact) mass is 330 g/mol. The molecule has 1 heterocycles. The van der Waals surface area contributed by atoms with E-state index in [1.807, 2.05) is 4.90 Å². The molecule has 2 aliphatic rings. The van der Waals surface area contributed by atoms with Crippen molar-refractivity contribution in [2.45, 2.75) is 50.4 Å². The summed E-state index contributed by atoms with van der Waals surface area (Å²) in [5.41, 5.74) is 2.97. The number of piperidine rings is 1. The second-order valence-corrected chi connectivity index (χ2v) is 7.05. The molecule has 1 unspecified atom stereocenters. The zero-order chi connectivity index (χ0) is 17.0. The molecular weight excluding hydrogens is 304 g/mol. The summed E-state index contributed by atoms with van der Waals surface area (Å²) in [6.45, 7) is 1.98. The minimum Gasteiger partial charge on any atom is -0.481 e. The number of hydrogen-bond acceptors (Lipinski definition) is 2. The predicted octanol–water partition coefficient (Wildman–Crippen LogP) is 2.93. The fourth-order valence-electron chi connectivity index (χ4n) is 4.28. The maximum Gasteiger partial charge on any atom is 0.317 e. The Morgan fingerprint density at radius 1 is 1.21 bits per heavy atom. The fraction of sp³-hybridized carbons (Fsp3) is 0.579. The first-order valence-corrected chi connectivity index (χ1v) is 8.94. The van der Waals surface area contributed by atoms with Crippen molar-refractivity contribution in [3.05, 3.63) is 35.4 Å². The van der Waals surface area contributed by atoms with E-state index in [-0.39, 0.29) is 17.9 Å². The number of amides is 2. The minimum atomic E-state index is -0.819. The predicted molar refractivity (Wildman–Crippen MR) is 92.1 cm³/mol. The molecule has 24 heavy (non-hydrogen) atoms. The van der Waals surface area contributed by atoms with Crippen LogP contribution in [0.3, 0.4) is 0 Å². The second kappa shape index (κ2) is 7.24. The molecule has 1 saturated heterocycles. The molecule has 2 amide bonds. The number of carboxylic acid groups (broad SMARTS) is 1. The van der Waals surface area contributed by atoms with Crippen molar-refractivity contribution in [2.75, 3.05) is 19.6 Å². The number of nitrogens with zero attached hydrogens (tertiary/aromatic N) is 1. The van der Waals surface area contributed by atoms with Crippen LogP contribution in [-0.2, 0) is 16.6 Å². The number of carbonyl (C=O) groups is 2. The van der Waals surface area contributed by atoms with Crippen LogP contribution in [0.15, 0.2) is 24.3 Å². The summed E-state index contributed by atoms with van der Waals surface area (Å²) < 4.78 is 0. The van der Waals surface area contributed by atoms with E-state index < -0.39 is 5.97 Å². The third kappa shape index (κ3) is 3.55. The normalized spacial score (nSPS) is 22.9. The molecule has 1 aliphatic carbocycles. The third-order valence-corrected chi connectivity index (χ3v) is 5.40. The smallest absolute Gasteiger partial charge is 0.317 e. The lowest BCUT2D eigenvalue weighted by molar-refractivity contribution is -0.137. The molecule has 0 bridgehead atoms. The molecule has 1 atom stereocenters. The lowest BCUT2D eigenvalue weighted by Gasteiger charge is -2.46. The Hall–Kier alpha value is -2.04. The van der Waals surface area contributed by atoms with Crippen molar-refractivity contribution >= 4 is 12.0 Å². The molecule has 130 valence electrons. The number of nitrogens with one attached hydrogen (secondary N) is 1. The van der Waals surface area contributed by atoms with E-state index >= 15 is 0 Å². The number of likely N-dealkylation sites (tertiary alicyclic amines) is 1. The summed E-state index contributed by atoms with van der Waals surface area (Å²) >= 11 is 0. The number of hydrogen-bond donors (Lipinski definition) is 2. The number of rotatable bonds is 4. The van der Waals surface area contributed by atoms with E-state index in [2.05, 4.69) is 29.6 Å². The highest BCUT2D eigenvalue weighted by molar-refractivity contribution is 5.74. The van der Waals surface area contributed by atoms with Crippen LogP contribution in [-0.4, -0.2) is 41.6 Å². The number of benzene rings is 1. The first-order chi connectivity index (χ1) is 11.6. The van der Waals surface area contributed by atoms with Crippen LogP contribution >= 0.6 is 0 Å². The van der Waals surface area contributed by atoms with Gasteiger partial charge in [0.25, 0.3) is 0 Å². The number of aliphatic carboxylic acids is 1. The van der Waals surface area contributed by atoms with Gasteiger partial charge in [0.2, 0.25) is 0 Å². The number of urea groups is 1. The quantitative estimate of drug-likeness (QED) is 0.834. The summed E-state index contributed by atoms with van der Waals surface area (Å²) in [4.78, 5) is 24.9. The maximum atomic E-state index is 12.4. The number of aryl methyl sites for hydroxylation is 1. The largest absolute Gasteiger partial charge is 0.481 e. The van der Waals surface area contributed by atoms with Crippen LogP contribution in [0.25, 0.3) is 0 Å². The van der Waals surface area contributed by atoms with Crippen LogP contribution < -0.4 is 5.32 Å². The fourth-order valence-corrected chi connectivity index (χ4v) is 4.28. The number of carboxylic acids is 1. The van der Waals surface area contributed by atoms with Crippen LogP contribution in [0.4, 0.5) is 4.79 Å². The van der Waals surface area contributed by atoms with Crippen LogP contribution in [0.2, 0.25) is 0 Å². The molecule has 1 aromatic carbocycles. The maximum absolute atomic E-state index is 12.4. The van der Waals surface area contributed by atoms with E-state index in [9.17, 15) is 9.59 Å². The highest BCUT2D eigenvalue weighted by Gasteiger charge is 2.41. The molecule has 1 fully saturated rings. The van der Waals surface area contributed by atoms with Crippen molar-refractivity contribution in [3.8, 4) is 0 Å². The average molecular weight is 330 g/mol. The lowest BCUT2D eigenvalue weighted by Crippen LogP contribution is -2.52. The van der Waals surface area contributed by atoms with E-state index in [0.29, 0.717) is 13.0 Å². The average Bonchev–Trinajstić information content (AvgIpc) is 2.59. The molecule has 5 heteroatoms. The first-order valence-electron chi connectivity index (χ1n) is 8.94. The first kappa shape index (κ1) is 16.8. The number of carbonyl (C=O) groups excluding carboxylic acids is 1. The molecular formula is C19H26N2O3. The SMILES string of the molecule is O=C(O)CCCNC(=O)N1CCCC2(CCCc3ccccc32)C1. The Bertz CT molecular complexity index is 616. The molecule has 0 saturated carbocycles. The van der Waals surface area contributed by atoms with Gasteiger partial charge in [0, 0.05) is 31.5 Å². The molecule has 0 aromatic heterocycles. The Kier molecular flexibility index (Phi) is 5.07. The summed E-state index contributed by atoms with van der Waals surface area (Å²) in [5.74, 6) is -0.819. The molecule has 1 spiro atoms. The molecule has 1 aromatic rings. The lowest BCUT2D eigenvalue weighted by atomic mass is 9.66. The van der Waals surface area contributed by atoms with Gasteiger partial charge in [-0.1, -0.05) is 24.3 Å². The summed E-state index contributed by atoms with van der Waals surface area (Å²) in [7, 11) is 0. The van der Waals surface area contributed by atoms with Gasteiger partial charge < -0.3 is 15.3 Å². The van der Waals surface area contributed by atoms with Crippen LogP contribution in [0.5, 0.6) is 0 Å². The van der Waals surface area contributed by atoms with Crippen molar-refractivity contribution in [1.82, 2.24) is 10.2 Å². The van der Waals surface area contributed by atoms with E-state index in [1.54, 1.807) is 0 Å². The Morgan fingerprint density at radius 2 is 2.00 bits per heavy atom. The zero-order valence-electron chi connectivity index (χ0n) is 14.1. The van der Waals surface area contributed by atoms with Gasteiger partial charge in [-0.2, -0.15) is 0 Å². The van der Waals surface area contributed by atoms with Crippen LogP contribution in [0.1, 0.15) is 49.7 Å². The summed E-state index contributed by atoms with van der Waals surface area (Å²) in [6.07, 6.45) is 6.21. The molecule has 5 nitrogen and oxygen atoms in total. The Balaban J connectivity index is 1.65. The van der Waals surface area contributed by atoms with Gasteiger partial charge in [-0.25, -0.2) is 4.79 Å². The van der Waals surface area contributed by atoms with E-state index in [4.69, 9.17) is 5.11 Å². The molecule has 0 radical (unpaired) electrons. The van der Waals surface area contributed by atoms with Crippen molar-refractivity contribution in [2.24, 2.45) is 0 Å². The standard InChI is InChI=1S/C19H26N2O3/c22-17(23)9-4-12-20-18(24)21-13-5-11-19(14-21)10-3-7-15-6-1-2-8-16(15)19/h1-2,6,8H,3-5,7,9-14H2,(H,20,24)(H,22,23). The van der Waals surface area contributed by atoms with Crippen molar-refractivity contribution in [1.29, 1.82) is 0 Å². The van der Waals surface area contributed by atoms with Gasteiger partial charge in [-0.3, -0.25) is 4.79 Å². The van der Waals surface area contributed by atoms with E-state index in [1.165, 1.54) is 17.5 Å². The Morgan fingerprint density at radius 3 is 2.83 bits per heavy atom. The van der Waals surface area contributed by atoms with Gasteiger partial charge in [-0.05, 0) is 49.7 Å². The molecule has 3 rings (SSSR count). The van der Waals surface area contributed by atoms with Gasteiger partial charge in [0.1, 0.15) is 0 Å².